The molecule has 2 amide bonds. The largest absolute Gasteiger partial charge is 0.323 e. The predicted molar refractivity (Wildman–Crippen MR) is 160 cm³/mol. The van der Waals surface area contributed by atoms with Crippen LogP contribution in [0.5, 0.6) is 0 Å². The average Bonchev–Trinajstić information content (AvgIpc) is 3.80. The van der Waals surface area contributed by atoms with Crippen molar-refractivity contribution in [3.05, 3.63) is 124 Å². The summed E-state index contributed by atoms with van der Waals surface area (Å²) >= 11 is 12.7. The Bertz CT molecular complexity index is 1780. The van der Waals surface area contributed by atoms with Gasteiger partial charge in [0.15, 0.2) is 0 Å². The first kappa shape index (κ1) is 24.1. The molecule has 1 fully saturated rings. The molecule has 0 saturated heterocycles. The summed E-state index contributed by atoms with van der Waals surface area (Å²) in [5.41, 5.74) is 2.95. The second-order valence-corrected chi connectivity index (χ2v) is 11.2. The number of hydrogen-bond donors (Lipinski definition) is 1. The minimum absolute atomic E-state index is 0.154. The number of carbonyl (C=O) groups is 1. The summed E-state index contributed by atoms with van der Waals surface area (Å²) in [7, 11) is 0. The topological polar surface area (TPSA) is 32.3 Å². The first-order valence-electron chi connectivity index (χ1n) is 13.1. The average molecular weight is 547 g/mol. The van der Waals surface area contributed by atoms with Crippen LogP contribution in [0.2, 0.25) is 10.0 Å². The summed E-state index contributed by atoms with van der Waals surface area (Å²) in [4.78, 5) is 15.9. The quantitative estimate of drug-likeness (QED) is 0.178. The summed E-state index contributed by atoms with van der Waals surface area (Å²) in [6.07, 6.45) is 1.99. The standard InChI is InChI=1S/C34H24Cl2N2O/c35-26-13-9-22(10-14-26)17-18-34(25-11-12-25)31-20-27(36)15-16-32(31)38(33(39)37-34)21-30-28-7-3-1-5-23(28)19-24-6-2-4-8-29(24)30/h1-10,13-16,19-20,25H,11-12,21H2,(H,37,39)/t34-/m1/s1. The van der Waals surface area contributed by atoms with Crippen molar-refractivity contribution in [3.63, 3.8) is 0 Å². The fraction of sp³-hybridized carbons (Fsp3) is 0.147. The number of urea groups is 1. The van der Waals surface area contributed by atoms with Crippen molar-refractivity contribution in [2.45, 2.75) is 24.9 Å². The lowest BCUT2D eigenvalue weighted by Gasteiger charge is -2.41. The predicted octanol–water partition coefficient (Wildman–Crippen LogP) is 8.69. The van der Waals surface area contributed by atoms with Crippen LogP contribution in [0.15, 0.2) is 97.1 Å². The third-order valence-corrected chi connectivity index (χ3v) is 8.35. The molecule has 0 radical (unpaired) electrons. The normalized spacial score (nSPS) is 18.4. The van der Waals surface area contributed by atoms with Crippen LogP contribution in [0.3, 0.4) is 0 Å². The van der Waals surface area contributed by atoms with Crippen LogP contribution >= 0.6 is 23.2 Å². The third-order valence-electron chi connectivity index (χ3n) is 7.86. The number of amides is 2. The van der Waals surface area contributed by atoms with Crippen molar-refractivity contribution in [2.75, 3.05) is 4.90 Å². The Balaban J connectivity index is 1.38. The van der Waals surface area contributed by atoms with E-state index in [1.165, 1.54) is 0 Å². The highest BCUT2D eigenvalue weighted by Gasteiger charge is 2.51. The molecular formula is C34H24Cl2N2O. The molecule has 1 N–H and O–H groups in total. The molecule has 39 heavy (non-hydrogen) atoms. The van der Waals surface area contributed by atoms with Gasteiger partial charge in [0.05, 0.1) is 12.2 Å². The van der Waals surface area contributed by atoms with E-state index in [4.69, 9.17) is 23.2 Å². The second kappa shape index (κ2) is 9.35. The number of fused-ring (bicyclic) bond motifs is 3. The first-order chi connectivity index (χ1) is 19.0. The highest BCUT2D eigenvalue weighted by Crippen LogP contribution is 2.51. The van der Waals surface area contributed by atoms with Crippen LogP contribution < -0.4 is 10.2 Å². The molecule has 2 aliphatic rings. The van der Waals surface area contributed by atoms with Gasteiger partial charge in [-0.25, -0.2) is 4.79 Å². The van der Waals surface area contributed by atoms with Gasteiger partial charge in [-0.2, -0.15) is 0 Å². The molecule has 0 unspecified atom stereocenters. The van der Waals surface area contributed by atoms with Gasteiger partial charge >= 0.3 is 6.03 Å². The summed E-state index contributed by atoms with van der Waals surface area (Å²) < 4.78 is 0. The van der Waals surface area contributed by atoms with E-state index in [1.54, 1.807) is 0 Å². The number of carbonyl (C=O) groups excluding carboxylic acids is 1. The maximum Gasteiger partial charge on any atom is 0.323 e. The molecule has 190 valence electrons. The molecule has 5 aromatic rings. The maximum absolute atomic E-state index is 14.0. The zero-order valence-corrected chi connectivity index (χ0v) is 22.6. The number of benzene rings is 5. The van der Waals surface area contributed by atoms with Crippen LogP contribution in [0.25, 0.3) is 21.5 Å². The molecule has 1 aliphatic heterocycles. The molecule has 1 heterocycles. The lowest BCUT2D eigenvalue weighted by molar-refractivity contribution is 0.231. The smallest absolute Gasteiger partial charge is 0.317 e. The minimum Gasteiger partial charge on any atom is -0.317 e. The Kier molecular flexibility index (Phi) is 5.77. The van der Waals surface area contributed by atoms with Gasteiger partial charge < -0.3 is 5.32 Å². The van der Waals surface area contributed by atoms with Crippen molar-refractivity contribution in [2.24, 2.45) is 5.92 Å². The van der Waals surface area contributed by atoms with Crippen LogP contribution in [0.4, 0.5) is 10.5 Å². The Morgan fingerprint density at radius 2 is 1.46 bits per heavy atom. The third kappa shape index (κ3) is 4.21. The maximum atomic E-state index is 14.0. The lowest BCUT2D eigenvalue weighted by atomic mass is 9.82. The highest BCUT2D eigenvalue weighted by atomic mass is 35.5. The van der Waals surface area contributed by atoms with Gasteiger partial charge in [-0.3, -0.25) is 4.90 Å². The van der Waals surface area contributed by atoms with E-state index in [9.17, 15) is 4.79 Å². The van der Waals surface area contributed by atoms with E-state index in [0.717, 1.165) is 56.8 Å². The zero-order chi connectivity index (χ0) is 26.6. The fourth-order valence-corrected chi connectivity index (χ4v) is 6.11. The van der Waals surface area contributed by atoms with Crippen molar-refractivity contribution < 1.29 is 4.79 Å². The number of hydrogen-bond acceptors (Lipinski definition) is 1. The molecule has 3 nitrogen and oxygen atoms in total. The van der Waals surface area contributed by atoms with Gasteiger partial charge in [0.1, 0.15) is 5.54 Å². The first-order valence-corrected chi connectivity index (χ1v) is 13.9. The van der Waals surface area contributed by atoms with Gasteiger partial charge in [0.25, 0.3) is 0 Å². The molecule has 7 rings (SSSR count). The van der Waals surface area contributed by atoms with E-state index < -0.39 is 5.54 Å². The van der Waals surface area contributed by atoms with Crippen LogP contribution in [0, 0.1) is 17.8 Å². The molecule has 0 aromatic heterocycles. The van der Waals surface area contributed by atoms with Gasteiger partial charge in [-0.05, 0) is 94.4 Å². The van der Waals surface area contributed by atoms with Gasteiger partial charge in [0, 0.05) is 21.2 Å². The lowest BCUT2D eigenvalue weighted by Crippen LogP contribution is -2.57. The minimum atomic E-state index is -0.811. The number of rotatable bonds is 3. The molecule has 5 aromatic carbocycles. The van der Waals surface area contributed by atoms with Crippen molar-refractivity contribution in [3.8, 4) is 11.8 Å². The molecular weight excluding hydrogens is 523 g/mol. The fourth-order valence-electron chi connectivity index (χ4n) is 5.81. The number of nitrogens with one attached hydrogen (secondary N) is 1. The summed E-state index contributed by atoms with van der Waals surface area (Å²) in [5, 5.41) is 9.23. The van der Waals surface area contributed by atoms with Crippen LogP contribution in [-0.4, -0.2) is 6.03 Å². The van der Waals surface area contributed by atoms with E-state index >= 15 is 0 Å². The second-order valence-electron chi connectivity index (χ2n) is 10.3. The summed E-state index contributed by atoms with van der Waals surface area (Å²) in [6.45, 7) is 0.424. The van der Waals surface area contributed by atoms with Crippen molar-refractivity contribution >= 4 is 56.5 Å². The van der Waals surface area contributed by atoms with Gasteiger partial charge in [-0.1, -0.05) is 83.6 Å². The highest BCUT2D eigenvalue weighted by molar-refractivity contribution is 6.31. The number of anilines is 1. The van der Waals surface area contributed by atoms with E-state index in [1.807, 2.05) is 47.4 Å². The monoisotopic (exact) mass is 546 g/mol. The molecule has 1 aliphatic carbocycles. The molecule has 5 heteroatoms. The van der Waals surface area contributed by atoms with Gasteiger partial charge in [-0.15, -0.1) is 0 Å². The number of halogens is 2. The summed E-state index contributed by atoms with van der Waals surface area (Å²) in [5.74, 6) is 7.01. The van der Waals surface area contributed by atoms with E-state index in [0.29, 0.717) is 16.6 Å². The van der Waals surface area contributed by atoms with E-state index in [-0.39, 0.29) is 11.9 Å². The number of nitrogens with zero attached hydrogens (tertiary/aromatic N) is 1. The zero-order valence-electron chi connectivity index (χ0n) is 21.0. The van der Waals surface area contributed by atoms with E-state index in [2.05, 4.69) is 71.8 Å². The summed E-state index contributed by atoms with van der Waals surface area (Å²) in [6, 6.07) is 32.0. The SMILES string of the molecule is O=C1N[C@](C#Cc2ccc(Cl)cc2)(C2CC2)c2cc(Cl)ccc2N1Cc1c2ccccc2cc2ccccc12. The van der Waals surface area contributed by atoms with Crippen molar-refractivity contribution in [1.82, 2.24) is 5.32 Å². The molecule has 1 saturated carbocycles. The molecule has 0 spiro atoms. The van der Waals surface area contributed by atoms with Crippen LogP contribution in [0.1, 0.15) is 29.5 Å². The molecule has 0 bridgehead atoms. The molecule has 1 atom stereocenters. The van der Waals surface area contributed by atoms with Gasteiger partial charge in [0.2, 0.25) is 0 Å². The van der Waals surface area contributed by atoms with Crippen LogP contribution in [-0.2, 0) is 12.1 Å². The Labute approximate surface area is 237 Å². The Hall–Kier alpha value is -3.97. The van der Waals surface area contributed by atoms with Crippen molar-refractivity contribution in [1.29, 1.82) is 0 Å². The Morgan fingerprint density at radius 3 is 2.13 bits per heavy atom. The Morgan fingerprint density at radius 1 is 0.821 bits per heavy atom.